The maximum atomic E-state index is 8.99. The summed E-state index contributed by atoms with van der Waals surface area (Å²) in [6.07, 6.45) is 2.14. The zero-order valence-electron chi connectivity index (χ0n) is 7.31. The van der Waals surface area contributed by atoms with Crippen molar-refractivity contribution in [1.29, 1.82) is 0 Å². The van der Waals surface area contributed by atoms with E-state index in [0.29, 0.717) is 6.54 Å². The molecule has 0 aromatic carbocycles. The second-order valence-electron chi connectivity index (χ2n) is 3.57. The smallest absolute Gasteiger partial charge is 0.158 e. The van der Waals surface area contributed by atoms with Crippen LogP contribution in [0, 0.1) is 5.41 Å². The predicted octanol–water partition coefficient (Wildman–Crippen LogP) is 0.220. The Morgan fingerprint density at radius 3 is 2.58 bits per heavy atom. The van der Waals surface area contributed by atoms with Crippen LogP contribution in [-0.4, -0.2) is 26.3 Å². The van der Waals surface area contributed by atoms with E-state index in [4.69, 9.17) is 10.2 Å². The van der Waals surface area contributed by atoms with Gasteiger partial charge in [0.15, 0.2) is 6.29 Å². The van der Waals surface area contributed by atoms with Crippen LogP contribution in [0.2, 0.25) is 0 Å². The van der Waals surface area contributed by atoms with Crippen LogP contribution in [0.4, 0.5) is 0 Å². The van der Waals surface area contributed by atoms with Crippen molar-refractivity contribution in [3.8, 4) is 0 Å². The molecule has 1 rings (SSSR count). The van der Waals surface area contributed by atoms with Gasteiger partial charge in [0.05, 0.1) is 6.54 Å². The molecule has 0 atom stereocenters. The van der Waals surface area contributed by atoms with Crippen LogP contribution in [0.25, 0.3) is 0 Å². The van der Waals surface area contributed by atoms with Crippen molar-refractivity contribution in [2.75, 3.05) is 0 Å². The molecule has 0 aliphatic carbocycles. The Kier molecular flexibility index (Phi) is 2.49. The Hall–Kier alpha value is -0.870. The van der Waals surface area contributed by atoms with Crippen molar-refractivity contribution < 1.29 is 10.2 Å². The van der Waals surface area contributed by atoms with Gasteiger partial charge in [0.25, 0.3) is 0 Å². The Balaban J connectivity index is 2.62. The van der Waals surface area contributed by atoms with Crippen LogP contribution in [0.3, 0.4) is 0 Å². The second-order valence-corrected chi connectivity index (χ2v) is 3.57. The van der Waals surface area contributed by atoms with Crippen LogP contribution >= 0.6 is 0 Å². The standard InChI is InChI=1S/C8H14N2O2/c1-8(2,7(11)12)6-10-5-3-4-9-10/h3-5,7,11-12H,6H2,1-2H3. The molecule has 0 bridgehead atoms. The largest absolute Gasteiger partial charge is 0.368 e. The molecule has 1 heterocycles. The minimum absolute atomic E-state index is 0.498. The number of rotatable bonds is 3. The summed E-state index contributed by atoms with van der Waals surface area (Å²) in [5.74, 6) is 0. The van der Waals surface area contributed by atoms with Gasteiger partial charge in [-0.1, -0.05) is 13.8 Å². The summed E-state index contributed by atoms with van der Waals surface area (Å²) in [4.78, 5) is 0. The Bertz CT molecular complexity index is 229. The third-order valence-electron chi connectivity index (χ3n) is 1.83. The molecular weight excluding hydrogens is 156 g/mol. The van der Waals surface area contributed by atoms with Crippen molar-refractivity contribution in [2.24, 2.45) is 5.41 Å². The molecule has 12 heavy (non-hydrogen) atoms. The fourth-order valence-electron chi connectivity index (χ4n) is 0.893. The SMILES string of the molecule is CC(C)(Cn1cccn1)C(O)O. The van der Waals surface area contributed by atoms with Crippen molar-refractivity contribution in [2.45, 2.75) is 26.7 Å². The van der Waals surface area contributed by atoms with E-state index in [1.54, 1.807) is 37.0 Å². The molecule has 0 spiro atoms. The first-order valence-corrected chi connectivity index (χ1v) is 3.86. The van der Waals surface area contributed by atoms with E-state index in [1.807, 2.05) is 0 Å². The van der Waals surface area contributed by atoms with Gasteiger partial charge in [-0.25, -0.2) is 0 Å². The molecule has 0 radical (unpaired) electrons. The fourth-order valence-corrected chi connectivity index (χ4v) is 0.893. The molecule has 0 unspecified atom stereocenters. The van der Waals surface area contributed by atoms with Crippen molar-refractivity contribution in [1.82, 2.24) is 9.78 Å². The van der Waals surface area contributed by atoms with Gasteiger partial charge < -0.3 is 10.2 Å². The predicted molar refractivity (Wildman–Crippen MR) is 44.2 cm³/mol. The minimum Gasteiger partial charge on any atom is -0.368 e. The van der Waals surface area contributed by atoms with Gasteiger partial charge in [0, 0.05) is 17.8 Å². The lowest BCUT2D eigenvalue weighted by atomic mass is 9.93. The average molecular weight is 170 g/mol. The van der Waals surface area contributed by atoms with E-state index in [2.05, 4.69) is 5.10 Å². The first-order valence-electron chi connectivity index (χ1n) is 3.86. The van der Waals surface area contributed by atoms with Crippen LogP contribution in [0.5, 0.6) is 0 Å². The Morgan fingerprint density at radius 2 is 2.17 bits per heavy atom. The molecule has 0 aliphatic rings. The van der Waals surface area contributed by atoms with Crippen molar-refractivity contribution in [3.05, 3.63) is 18.5 Å². The number of aliphatic hydroxyl groups excluding tert-OH is 1. The topological polar surface area (TPSA) is 58.3 Å². The maximum absolute atomic E-state index is 8.99. The lowest BCUT2D eigenvalue weighted by Gasteiger charge is -2.26. The highest BCUT2D eigenvalue weighted by Crippen LogP contribution is 2.20. The molecule has 0 aliphatic heterocycles. The van der Waals surface area contributed by atoms with Crippen LogP contribution in [0.1, 0.15) is 13.8 Å². The van der Waals surface area contributed by atoms with Crippen LogP contribution in [-0.2, 0) is 6.54 Å². The van der Waals surface area contributed by atoms with E-state index in [0.717, 1.165) is 0 Å². The molecule has 1 aromatic rings. The average Bonchev–Trinajstić information content (AvgIpc) is 2.38. The third kappa shape index (κ3) is 2.06. The Morgan fingerprint density at radius 1 is 1.50 bits per heavy atom. The molecule has 0 saturated carbocycles. The molecule has 0 amide bonds. The van der Waals surface area contributed by atoms with Gasteiger partial charge in [-0.2, -0.15) is 5.10 Å². The number of nitrogens with zero attached hydrogens (tertiary/aromatic N) is 2. The quantitative estimate of drug-likeness (QED) is 0.638. The Labute approximate surface area is 71.5 Å². The zero-order valence-corrected chi connectivity index (χ0v) is 7.31. The van der Waals surface area contributed by atoms with E-state index in [-0.39, 0.29) is 0 Å². The van der Waals surface area contributed by atoms with Gasteiger partial charge in [0.1, 0.15) is 0 Å². The van der Waals surface area contributed by atoms with E-state index in [1.165, 1.54) is 0 Å². The molecule has 0 saturated heterocycles. The highest BCUT2D eigenvalue weighted by molar-refractivity contribution is 4.80. The van der Waals surface area contributed by atoms with Crippen LogP contribution in [0.15, 0.2) is 18.5 Å². The zero-order chi connectivity index (χ0) is 9.19. The monoisotopic (exact) mass is 170 g/mol. The van der Waals surface area contributed by atoms with Gasteiger partial charge in [0.2, 0.25) is 0 Å². The lowest BCUT2D eigenvalue weighted by Crippen LogP contribution is -2.33. The highest BCUT2D eigenvalue weighted by Gasteiger charge is 2.26. The highest BCUT2D eigenvalue weighted by atomic mass is 16.5. The normalized spacial score (nSPS) is 12.4. The van der Waals surface area contributed by atoms with E-state index >= 15 is 0 Å². The molecule has 4 nitrogen and oxygen atoms in total. The van der Waals surface area contributed by atoms with E-state index < -0.39 is 11.7 Å². The van der Waals surface area contributed by atoms with Gasteiger partial charge in [-0.15, -0.1) is 0 Å². The first kappa shape index (κ1) is 9.22. The fraction of sp³-hybridized carbons (Fsp3) is 0.625. The number of aliphatic hydroxyl groups is 2. The summed E-state index contributed by atoms with van der Waals surface area (Å²) in [6.45, 7) is 4.05. The van der Waals surface area contributed by atoms with Crippen LogP contribution < -0.4 is 0 Å². The van der Waals surface area contributed by atoms with Gasteiger partial charge >= 0.3 is 0 Å². The number of aromatic nitrogens is 2. The van der Waals surface area contributed by atoms with E-state index in [9.17, 15) is 0 Å². The molecular formula is C8H14N2O2. The molecule has 1 aromatic heterocycles. The summed E-state index contributed by atoms with van der Waals surface area (Å²) >= 11 is 0. The molecule has 4 heteroatoms. The summed E-state index contributed by atoms with van der Waals surface area (Å²) in [6, 6.07) is 1.81. The summed E-state index contributed by atoms with van der Waals surface area (Å²) in [5.41, 5.74) is -0.563. The molecule has 2 N–H and O–H groups in total. The van der Waals surface area contributed by atoms with Crippen molar-refractivity contribution in [3.63, 3.8) is 0 Å². The minimum atomic E-state index is -1.32. The first-order chi connectivity index (χ1) is 5.52. The molecule has 0 fully saturated rings. The lowest BCUT2D eigenvalue weighted by molar-refractivity contribution is -0.127. The summed E-state index contributed by atoms with van der Waals surface area (Å²) in [7, 11) is 0. The third-order valence-corrected chi connectivity index (χ3v) is 1.83. The van der Waals surface area contributed by atoms with Gasteiger partial charge in [-0.05, 0) is 6.07 Å². The molecule has 68 valence electrons. The number of hydrogen-bond acceptors (Lipinski definition) is 3. The summed E-state index contributed by atoms with van der Waals surface area (Å²) < 4.78 is 1.68. The van der Waals surface area contributed by atoms with Crippen molar-refractivity contribution >= 4 is 0 Å². The van der Waals surface area contributed by atoms with Gasteiger partial charge in [-0.3, -0.25) is 4.68 Å². The second kappa shape index (κ2) is 3.25. The summed E-state index contributed by atoms with van der Waals surface area (Å²) in [5, 5.41) is 22.0. The number of hydrogen-bond donors (Lipinski definition) is 2. The maximum Gasteiger partial charge on any atom is 0.158 e.